The van der Waals surface area contributed by atoms with Crippen LogP contribution >= 0.6 is 11.6 Å². The molecule has 0 fully saturated rings. The van der Waals surface area contributed by atoms with E-state index in [4.69, 9.17) is 25.8 Å². The van der Waals surface area contributed by atoms with Gasteiger partial charge in [0, 0.05) is 12.1 Å². The molecule has 3 N–H and O–H groups in total. The van der Waals surface area contributed by atoms with Crippen molar-refractivity contribution in [3.05, 3.63) is 83.1 Å². The first-order valence-electron chi connectivity index (χ1n) is 15.6. The van der Waals surface area contributed by atoms with Crippen molar-refractivity contribution in [2.75, 3.05) is 26.8 Å². The maximum Gasteiger partial charge on any atom is 0.255 e. The summed E-state index contributed by atoms with van der Waals surface area (Å²) >= 11 is 5.94. The third kappa shape index (κ3) is 10.1. The number of hydrogen-bond donors (Lipinski definition) is 3. The molecule has 0 aromatic heterocycles. The Morgan fingerprint density at radius 2 is 1.77 bits per heavy atom. The third-order valence-electron chi connectivity index (χ3n) is 7.38. The van der Waals surface area contributed by atoms with Crippen molar-refractivity contribution in [1.82, 2.24) is 20.9 Å². The lowest BCUT2D eigenvalue weighted by Gasteiger charge is -2.27. The molecular formula is C35H40ClFN4O7. The Labute approximate surface area is 284 Å². The maximum atomic E-state index is 14.8. The van der Waals surface area contributed by atoms with E-state index >= 15 is 0 Å². The van der Waals surface area contributed by atoms with Crippen LogP contribution in [0.5, 0.6) is 23.0 Å². The molecule has 0 radical (unpaired) electrons. The standard InChI is InChI=1S/C35H40ClFN4O7/c1-21(2)18-28-35(45)41(4)16-17-46-29-10-6-5-8-25(29)33(43)40-27(19-31(42)39-28)34(44)38-22(3)20-47-32-26(37)9-7-11-30(32)48-24-14-12-23(36)13-15-24/h5-15,21-22,27-28H,16-20H2,1-4H3,(H,38,44)(H,39,42)(H,40,43)/t22-,27+,28-/m1/s1. The molecule has 0 saturated heterocycles. The molecule has 0 spiro atoms. The van der Waals surface area contributed by atoms with Gasteiger partial charge in [-0.25, -0.2) is 4.39 Å². The van der Waals surface area contributed by atoms with Gasteiger partial charge in [0.05, 0.1) is 24.6 Å². The van der Waals surface area contributed by atoms with Crippen LogP contribution in [0, 0.1) is 11.7 Å². The molecule has 1 aliphatic rings. The number of benzene rings is 3. The van der Waals surface area contributed by atoms with Gasteiger partial charge in [-0.2, -0.15) is 0 Å². The van der Waals surface area contributed by atoms with E-state index in [1.165, 1.54) is 29.2 Å². The fourth-order valence-electron chi connectivity index (χ4n) is 4.96. The summed E-state index contributed by atoms with van der Waals surface area (Å²) < 4.78 is 32.2. The number of halogens is 2. The minimum absolute atomic E-state index is 0.0841. The zero-order valence-corrected chi connectivity index (χ0v) is 28.0. The smallest absolute Gasteiger partial charge is 0.255 e. The van der Waals surface area contributed by atoms with Crippen molar-refractivity contribution < 1.29 is 37.8 Å². The van der Waals surface area contributed by atoms with E-state index in [-0.39, 0.29) is 54.4 Å². The van der Waals surface area contributed by atoms with Crippen molar-refractivity contribution in [3.8, 4) is 23.0 Å². The number of amides is 4. The fourth-order valence-corrected chi connectivity index (χ4v) is 5.08. The quantitative estimate of drug-likeness (QED) is 0.297. The van der Waals surface area contributed by atoms with E-state index in [9.17, 15) is 23.6 Å². The van der Waals surface area contributed by atoms with Crippen molar-refractivity contribution in [3.63, 3.8) is 0 Å². The van der Waals surface area contributed by atoms with Gasteiger partial charge in [0.1, 0.15) is 36.8 Å². The van der Waals surface area contributed by atoms with Crippen LogP contribution in [0.25, 0.3) is 0 Å². The molecule has 3 aromatic carbocycles. The van der Waals surface area contributed by atoms with Crippen LogP contribution < -0.4 is 30.2 Å². The summed E-state index contributed by atoms with van der Waals surface area (Å²) in [4.78, 5) is 55.0. The third-order valence-corrected chi connectivity index (χ3v) is 7.63. The second-order valence-corrected chi connectivity index (χ2v) is 12.4. The van der Waals surface area contributed by atoms with Crippen LogP contribution in [0.15, 0.2) is 66.7 Å². The first kappa shape index (κ1) is 36.0. The van der Waals surface area contributed by atoms with Gasteiger partial charge in [0.2, 0.25) is 17.7 Å². The van der Waals surface area contributed by atoms with Crippen molar-refractivity contribution in [2.45, 2.75) is 51.7 Å². The number of hydrogen-bond acceptors (Lipinski definition) is 7. The minimum Gasteiger partial charge on any atom is -0.491 e. The molecule has 1 aliphatic heterocycles. The van der Waals surface area contributed by atoms with Gasteiger partial charge in [-0.1, -0.05) is 43.6 Å². The SMILES string of the molecule is CC(C)C[C@H]1NC(=O)C[C@@H](C(=O)N[C@H](C)COc2c(F)cccc2Oc2ccc(Cl)cc2)NC(=O)c2ccccc2OCCN(C)C1=O. The largest absolute Gasteiger partial charge is 0.491 e. The van der Waals surface area contributed by atoms with Gasteiger partial charge in [-0.3, -0.25) is 19.2 Å². The van der Waals surface area contributed by atoms with Crippen molar-refractivity contribution >= 4 is 35.2 Å². The maximum absolute atomic E-state index is 14.8. The van der Waals surface area contributed by atoms with Crippen LogP contribution in [0.4, 0.5) is 4.39 Å². The van der Waals surface area contributed by atoms with Gasteiger partial charge in [-0.15, -0.1) is 0 Å². The Balaban J connectivity index is 1.51. The van der Waals surface area contributed by atoms with Gasteiger partial charge in [-0.05, 0) is 67.8 Å². The Morgan fingerprint density at radius 3 is 2.50 bits per heavy atom. The monoisotopic (exact) mass is 682 g/mol. The lowest BCUT2D eigenvalue weighted by Crippen LogP contribution is -2.54. The molecule has 0 saturated carbocycles. The highest BCUT2D eigenvalue weighted by molar-refractivity contribution is 6.30. The molecule has 3 aromatic rings. The van der Waals surface area contributed by atoms with E-state index in [1.54, 1.807) is 56.4 Å². The van der Waals surface area contributed by atoms with E-state index in [1.807, 2.05) is 13.8 Å². The van der Waals surface area contributed by atoms with Crippen LogP contribution in [0.3, 0.4) is 0 Å². The Kier molecular flexibility index (Phi) is 12.6. The highest BCUT2D eigenvalue weighted by Gasteiger charge is 2.31. The summed E-state index contributed by atoms with van der Waals surface area (Å²) in [6, 6.07) is 14.4. The number of carbonyl (C=O) groups excluding carboxylic acids is 4. The second kappa shape index (κ2) is 16.8. The summed E-state index contributed by atoms with van der Waals surface area (Å²) in [6.45, 7) is 5.64. The molecule has 3 atom stereocenters. The molecule has 0 unspecified atom stereocenters. The minimum atomic E-state index is -1.33. The lowest BCUT2D eigenvalue weighted by atomic mass is 10.0. The first-order chi connectivity index (χ1) is 22.9. The summed E-state index contributed by atoms with van der Waals surface area (Å²) in [5, 5.41) is 8.63. The number of carbonyl (C=O) groups is 4. The molecule has 0 aliphatic carbocycles. The van der Waals surface area contributed by atoms with Gasteiger partial charge < -0.3 is 35.1 Å². The highest BCUT2D eigenvalue weighted by atomic mass is 35.5. The van der Waals surface area contributed by atoms with E-state index in [2.05, 4.69) is 16.0 Å². The molecule has 4 amide bonds. The topological polar surface area (TPSA) is 135 Å². The highest BCUT2D eigenvalue weighted by Crippen LogP contribution is 2.34. The fraction of sp³-hybridized carbons (Fsp3) is 0.371. The van der Waals surface area contributed by atoms with Gasteiger partial charge in [0.25, 0.3) is 5.91 Å². The summed E-state index contributed by atoms with van der Waals surface area (Å²) in [5.74, 6) is -2.17. The van der Waals surface area contributed by atoms with E-state index in [0.29, 0.717) is 17.2 Å². The van der Waals surface area contributed by atoms with Crippen LogP contribution in [-0.4, -0.2) is 73.5 Å². The summed E-state index contributed by atoms with van der Waals surface area (Å²) in [5.41, 5.74) is 0.156. The zero-order chi connectivity index (χ0) is 34.8. The molecule has 1 heterocycles. The average molecular weight is 683 g/mol. The predicted octanol–water partition coefficient (Wildman–Crippen LogP) is 4.73. The average Bonchev–Trinajstić information content (AvgIpc) is 3.04. The molecule has 0 bridgehead atoms. The van der Waals surface area contributed by atoms with Crippen molar-refractivity contribution in [1.29, 1.82) is 0 Å². The number of nitrogens with one attached hydrogen (secondary N) is 3. The molecule has 4 rings (SSSR count). The molecular weight excluding hydrogens is 643 g/mol. The first-order valence-corrected chi connectivity index (χ1v) is 16.0. The van der Waals surface area contributed by atoms with E-state index in [0.717, 1.165) is 0 Å². The Bertz CT molecular complexity index is 1600. The summed E-state index contributed by atoms with van der Waals surface area (Å²) in [7, 11) is 1.61. The number of ether oxygens (including phenoxy) is 3. The molecule has 256 valence electrons. The number of nitrogens with zero attached hydrogens (tertiary/aromatic N) is 1. The molecule has 11 nitrogen and oxygen atoms in total. The van der Waals surface area contributed by atoms with Gasteiger partial charge >= 0.3 is 0 Å². The normalized spacial score (nSPS) is 18.1. The number of likely N-dealkylation sites (N-methyl/N-ethyl adjacent to an activating group) is 1. The Morgan fingerprint density at radius 1 is 1.04 bits per heavy atom. The Hall–Kier alpha value is -4.84. The van der Waals surface area contributed by atoms with Crippen LogP contribution in [0.2, 0.25) is 5.02 Å². The number of para-hydroxylation sites is 2. The molecule has 13 heteroatoms. The van der Waals surface area contributed by atoms with Crippen LogP contribution in [-0.2, 0) is 14.4 Å². The number of rotatable bonds is 9. The number of fused-ring (bicyclic) bond motifs is 1. The lowest BCUT2D eigenvalue weighted by molar-refractivity contribution is -0.136. The van der Waals surface area contributed by atoms with Gasteiger partial charge in [0.15, 0.2) is 17.3 Å². The summed E-state index contributed by atoms with van der Waals surface area (Å²) in [6.07, 6.45) is -0.0812. The van der Waals surface area contributed by atoms with Crippen molar-refractivity contribution in [2.24, 2.45) is 5.92 Å². The van der Waals surface area contributed by atoms with Crippen LogP contribution in [0.1, 0.15) is 44.0 Å². The zero-order valence-electron chi connectivity index (χ0n) is 27.3. The van der Waals surface area contributed by atoms with E-state index < -0.39 is 48.1 Å². The second-order valence-electron chi connectivity index (χ2n) is 11.9. The molecule has 48 heavy (non-hydrogen) atoms. The predicted molar refractivity (Wildman–Crippen MR) is 178 cm³/mol.